The van der Waals surface area contributed by atoms with Crippen molar-refractivity contribution in [2.75, 3.05) is 5.32 Å². The van der Waals surface area contributed by atoms with Crippen molar-refractivity contribution < 1.29 is 19.1 Å². The van der Waals surface area contributed by atoms with Gasteiger partial charge < -0.3 is 10.4 Å². The van der Waals surface area contributed by atoms with Gasteiger partial charge in [-0.25, -0.2) is 4.39 Å². The van der Waals surface area contributed by atoms with Gasteiger partial charge in [0.25, 0.3) is 0 Å². The Bertz CT molecular complexity index is 501. The Kier molecular flexibility index (Phi) is 3.32. The second kappa shape index (κ2) is 4.76. The Morgan fingerprint density at radius 3 is 2.67 bits per heavy atom. The molecular weight excluding hydrogens is 237 g/mol. The van der Waals surface area contributed by atoms with Gasteiger partial charge in [-0.15, -0.1) is 0 Å². The van der Waals surface area contributed by atoms with Crippen LogP contribution in [0.15, 0.2) is 18.2 Å². The van der Waals surface area contributed by atoms with Crippen molar-refractivity contribution in [3.8, 4) is 0 Å². The fourth-order valence-electron chi connectivity index (χ4n) is 1.90. The highest BCUT2D eigenvalue weighted by Gasteiger charge is 2.48. The largest absolute Gasteiger partial charge is 0.481 e. The van der Waals surface area contributed by atoms with Gasteiger partial charge in [-0.05, 0) is 30.5 Å². The molecule has 1 amide bonds. The van der Waals surface area contributed by atoms with E-state index in [1.807, 2.05) is 6.92 Å². The van der Waals surface area contributed by atoms with Gasteiger partial charge in [0.15, 0.2) is 0 Å². The van der Waals surface area contributed by atoms with Gasteiger partial charge in [-0.3, -0.25) is 9.59 Å². The van der Waals surface area contributed by atoms with E-state index in [-0.39, 0.29) is 11.7 Å². The van der Waals surface area contributed by atoms with Gasteiger partial charge in [0.1, 0.15) is 5.82 Å². The molecule has 18 heavy (non-hydrogen) atoms. The number of carbonyl (C=O) groups is 2. The van der Waals surface area contributed by atoms with Crippen LogP contribution in [0, 0.1) is 17.7 Å². The van der Waals surface area contributed by atoms with Crippen LogP contribution >= 0.6 is 0 Å². The minimum atomic E-state index is -0.956. The number of hydrogen-bond acceptors (Lipinski definition) is 2. The van der Waals surface area contributed by atoms with Gasteiger partial charge in [-0.1, -0.05) is 13.0 Å². The van der Waals surface area contributed by atoms with Crippen molar-refractivity contribution in [3.63, 3.8) is 0 Å². The number of rotatable bonds is 4. The van der Waals surface area contributed by atoms with E-state index in [0.29, 0.717) is 24.1 Å². The Balaban J connectivity index is 2.00. The van der Waals surface area contributed by atoms with Gasteiger partial charge in [0.05, 0.1) is 11.8 Å². The molecule has 96 valence electrons. The van der Waals surface area contributed by atoms with E-state index < -0.39 is 17.8 Å². The van der Waals surface area contributed by atoms with Crippen molar-refractivity contribution in [1.82, 2.24) is 0 Å². The molecule has 1 fully saturated rings. The number of nitrogens with one attached hydrogen (secondary N) is 1. The summed E-state index contributed by atoms with van der Waals surface area (Å²) in [6.07, 6.45) is 0.945. The number of aryl methyl sites for hydroxylation is 1. The molecule has 4 nitrogen and oxygen atoms in total. The normalized spacial score (nSPS) is 21.4. The zero-order valence-corrected chi connectivity index (χ0v) is 9.94. The summed E-state index contributed by atoms with van der Waals surface area (Å²) in [5, 5.41) is 11.2. The van der Waals surface area contributed by atoms with Crippen molar-refractivity contribution in [2.24, 2.45) is 11.8 Å². The lowest BCUT2D eigenvalue weighted by molar-refractivity contribution is -0.139. The number of carboxylic acids is 1. The summed E-state index contributed by atoms with van der Waals surface area (Å²) in [6, 6.07) is 4.50. The SMILES string of the molecule is CCc1ccc(NC(=O)C2CC2C(=O)O)cc1F. The molecule has 0 aliphatic heterocycles. The number of halogens is 1. The van der Waals surface area contributed by atoms with Gasteiger partial charge in [0.2, 0.25) is 5.91 Å². The first-order valence-electron chi connectivity index (χ1n) is 5.85. The number of carbonyl (C=O) groups excluding carboxylic acids is 1. The van der Waals surface area contributed by atoms with Crippen LogP contribution in [0.4, 0.5) is 10.1 Å². The third kappa shape index (κ3) is 2.50. The van der Waals surface area contributed by atoms with Crippen molar-refractivity contribution in [2.45, 2.75) is 19.8 Å². The summed E-state index contributed by atoms with van der Waals surface area (Å²) < 4.78 is 13.5. The molecule has 1 aromatic carbocycles. The fraction of sp³-hybridized carbons (Fsp3) is 0.385. The van der Waals surface area contributed by atoms with Crippen LogP contribution in [0.3, 0.4) is 0 Å². The number of aliphatic carboxylic acids is 1. The average molecular weight is 251 g/mol. The molecule has 2 atom stereocenters. The van der Waals surface area contributed by atoms with Gasteiger partial charge in [0, 0.05) is 5.69 Å². The summed E-state index contributed by atoms with van der Waals surface area (Å²) in [6.45, 7) is 1.85. The predicted molar refractivity (Wildman–Crippen MR) is 63.6 cm³/mol. The highest BCUT2D eigenvalue weighted by Crippen LogP contribution is 2.39. The minimum absolute atomic E-state index is 0.356. The first kappa shape index (κ1) is 12.5. The summed E-state index contributed by atoms with van der Waals surface area (Å²) >= 11 is 0. The van der Waals surface area contributed by atoms with E-state index in [1.54, 1.807) is 12.1 Å². The number of amides is 1. The van der Waals surface area contributed by atoms with Gasteiger partial charge >= 0.3 is 5.97 Å². The van der Waals surface area contributed by atoms with Crippen LogP contribution in [0.1, 0.15) is 18.9 Å². The predicted octanol–water partition coefficient (Wildman–Crippen LogP) is 2.05. The molecule has 0 heterocycles. The number of benzene rings is 1. The lowest BCUT2D eigenvalue weighted by atomic mass is 10.1. The van der Waals surface area contributed by atoms with Crippen LogP contribution in [0.25, 0.3) is 0 Å². The van der Waals surface area contributed by atoms with Crippen molar-refractivity contribution in [3.05, 3.63) is 29.6 Å². The second-order valence-electron chi connectivity index (χ2n) is 4.44. The molecule has 0 radical (unpaired) electrons. The minimum Gasteiger partial charge on any atom is -0.481 e. The highest BCUT2D eigenvalue weighted by molar-refractivity contribution is 5.98. The third-order valence-corrected chi connectivity index (χ3v) is 3.15. The Morgan fingerprint density at radius 1 is 1.44 bits per heavy atom. The second-order valence-corrected chi connectivity index (χ2v) is 4.44. The van der Waals surface area contributed by atoms with Crippen LogP contribution < -0.4 is 5.32 Å². The van der Waals surface area contributed by atoms with E-state index >= 15 is 0 Å². The summed E-state index contributed by atoms with van der Waals surface area (Å²) in [4.78, 5) is 22.3. The van der Waals surface area contributed by atoms with E-state index in [0.717, 1.165) is 0 Å². The Morgan fingerprint density at radius 2 is 2.17 bits per heavy atom. The highest BCUT2D eigenvalue weighted by atomic mass is 19.1. The molecule has 2 rings (SSSR count). The van der Waals surface area contributed by atoms with E-state index in [9.17, 15) is 14.0 Å². The lowest BCUT2D eigenvalue weighted by Gasteiger charge is -2.06. The molecule has 1 saturated carbocycles. The van der Waals surface area contributed by atoms with Crippen LogP contribution in [-0.2, 0) is 16.0 Å². The van der Waals surface area contributed by atoms with Crippen molar-refractivity contribution in [1.29, 1.82) is 0 Å². The van der Waals surface area contributed by atoms with E-state index in [2.05, 4.69) is 5.32 Å². The smallest absolute Gasteiger partial charge is 0.307 e. The number of carboxylic acid groups (broad SMARTS) is 1. The molecule has 1 aliphatic rings. The zero-order chi connectivity index (χ0) is 13.3. The first-order valence-corrected chi connectivity index (χ1v) is 5.85. The summed E-state index contributed by atoms with van der Waals surface area (Å²) in [5.41, 5.74) is 0.952. The van der Waals surface area contributed by atoms with E-state index in [4.69, 9.17) is 5.11 Å². The van der Waals surface area contributed by atoms with Crippen LogP contribution in [0.5, 0.6) is 0 Å². The molecule has 5 heteroatoms. The number of hydrogen-bond donors (Lipinski definition) is 2. The molecule has 1 aromatic rings. The molecular formula is C13H14FNO3. The Hall–Kier alpha value is -1.91. The van der Waals surface area contributed by atoms with Crippen molar-refractivity contribution >= 4 is 17.6 Å². The average Bonchev–Trinajstić information content (AvgIpc) is 3.09. The molecule has 0 saturated heterocycles. The summed E-state index contributed by atoms with van der Waals surface area (Å²) in [7, 11) is 0. The van der Waals surface area contributed by atoms with Gasteiger partial charge in [-0.2, -0.15) is 0 Å². The van der Waals surface area contributed by atoms with Crippen LogP contribution in [-0.4, -0.2) is 17.0 Å². The molecule has 1 aliphatic carbocycles. The lowest BCUT2D eigenvalue weighted by Crippen LogP contribution is -2.17. The summed E-state index contributed by atoms with van der Waals surface area (Å²) in [5.74, 6) is -2.75. The maximum Gasteiger partial charge on any atom is 0.307 e. The maximum absolute atomic E-state index is 13.5. The fourth-order valence-corrected chi connectivity index (χ4v) is 1.90. The zero-order valence-electron chi connectivity index (χ0n) is 9.94. The standard InChI is InChI=1S/C13H14FNO3/c1-2-7-3-4-8(5-11(7)14)15-12(16)9-6-10(9)13(17)18/h3-5,9-10H,2,6H2,1H3,(H,15,16)(H,17,18). The maximum atomic E-state index is 13.5. The Labute approximate surface area is 104 Å². The topological polar surface area (TPSA) is 66.4 Å². The quantitative estimate of drug-likeness (QED) is 0.860. The van der Waals surface area contributed by atoms with E-state index in [1.165, 1.54) is 6.07 Å². The monoisotopic (exact) mass is 251 g/mol. The van der Waals surface area contributed by atoms with Crippen LogP contribution in [0.2, 0.25) is 0 Å². The third-order valence-electron chi connectivity index (χ3n) is 3.15. The molecule has 0 spiro atoms. The molecule has 2 unspecified atom stereocenters. The molecule has 0 bridgehead atoms. The molecule has 2 N–H and O–H groups in total. The number of anilines is 1. The molecule has 0 aromatic heterocycles. The first-order chi connectivity index (χ1) is 8.52.